The first-order valence-electron chi connectivity index (χ1n) is 7.43. The minimum atomic E-state index is 0.719. The lowest BCUT2D eigenvalue weighted by Gasteiger charge is -1.99. The third-order valence-electron chi connectivity index (χ3n) is 3.59. The Morgan fingerprint density at radius 3 is 2.52 bits per heavy atom. The summed E-state index contributed by atoms with van der Waals surface area (Å²) in [5.74, 6) is 0.922. The Hall–Kier alpha value is -1.84. The fourth-order valence-corrected chi connectivity index (χ4v) is 2.86. The average Bonchev–Trinajstić information content (AvgIpc) is 2.98. The second kappa shape index (κ2) is 7.16. The highest BCUT2D eigenvalue weighted by molar-refractivity contribution is 9.10. The number of hydrogen-bond donors (Lipinski definition) is 0. The van der Waals surface area contributed by atoms with Gasteiger partial charge in [-0.15, -0.1) is 0 Å². The Morgan fingerprint density at radius 2 is 1.83 bits per heavy atom. The van der Waals surface area contributed by atoms with Gasteiger partial charge in [0, 0.05) is 22.8 Å². The molecule has 116 valence electrons. The predicted octanol–water partition coefficient (Wildman–Crippen LogP) is 6.16. The monoisotopic (exact) mass is 386 g/mol. The Bertz CT molecular complexity index is 835. The van der Waals surface area contributed by atoms with E-state index in [2.05, 4.69) is 45.6 Å². The zero-order chi connectivity index (χ0) is 16.2. The number of benzene rings is 2. The molecule has 0 unspecified atom stereocenters. The molecule has 0 aliphatic heterocycles. The number of hydrogen-bond acceptors (Lipinski definition) is 1. The van der Waals surface area contributed by atoms with Crippen molar-refractivity contribution >= 4 is 39.7 Å². The van der Waals surface area contributed by atoms with Gasteiger partial charge in [-0.05, 0) is 36.8 Å². The first kappa shape index (κ1) is 16.0. The van der Waals surface area contributed by atoms with E-state index < -0.39 is 0 Å². The number of nitrogens with zero attached hydrogens (tertiary/aromatic N) is 2. The standard InChI is InChI=1S/C19H16BrClN2/c1-2-23-13-18(16-5-3-4-6-17(16)21)22-19(23)12-9-14-7-10-15(20)11-8-14/h3-13H,2H2,1H3. The van der Waals surface area contributed by atoms with E-state index in [4.69, 9.17) is 16.6 Å². The highest BCUT2D eigenvalue weighted by Gasteiger charge is 2.09. The number of aromatic nitrogens is 2. The maximum absolute atomic E-state index is 6.28. The van der Waals surface area contributed by atoms with Crippen molar-refractivity contribution < 1.29 is 0 Å². The van der Waals surface area contributed by atoms with E-state index in [1.807, 2.05) is 48.7 Å². The molecule has 3 aromatic rings. The van der Waals surface area contributed by atoms with E-state index in [1.165, 1.54) is 0 Å². The molecular weight excluding hydrogens is 372 g/mol. The van der Waals surface area contributed by atoms with Crippen LogP contribution in [0.4, 0.5) is 0 Å². The number of halogens is 2. The van der Waals surface area contributed by atoms with Crippen molar-refractivity contribution in [2.75, 3.05) is 0 Å². The topological polar surface area (TPSA) is 17.8 Å². The molecule has 4 heteroatoms. The zero-order valence-electron chi connectivity index (χ0n) is 12.7. The van der Waals surface area contributed by atoms with Crippen molar-refractivity contribution in [1.82, 2.24) is 9.55 Å². The van der Waals surface area contributed by atoms with Crippen LogP contribution in [0.5, 0.6) is 0 Å². The van der Waals surface area contributed by atoms with E-state index in [9.17, 15) is 0 Å². The maximum atomic E-state index is 6.28. The van der Waals surface area contributed by atoms with E-state index in [1.54, 1.807) is 0 Å². The molecule has 1 aromatic heterocycles. The van der Waals surface area contributed by atoms with Crippen LogP contribution in [0, 0.1) is 0 Å². The van der Waals surface area contributed by atoms with Crippen LogP contribution in [0.1, 0.15) is 18.3 Å². The summed E-state index contributed by atoms with van der Waals surface area (Å²) in [6.07, 6.45) is 6.15. The van der Waals surface area contributed by atoms with Gasteiger partial charge in [-0.2, -0.15) is 0 Å². The summed E-state index contributed by atoms with van der Waals surface area (Å²) < 4.78 is 3.19. The third-order valence-corrected chi connectivity index (χ3v) is 4.45. The molecule has 23 heavy (non-hydrogen) atoms. The third kappa shape index (κ3) is 3.74. The maximum Gasteiger partial charge on any atom is 0.133 e. The number of aryl methyl sites for hydroxylation is 1. The molecule has 0 radical (unpaired) electrons. The summed E-state index contributed by atoms with van der Waals surface area (Å²) in [6, 6.07) is 16.0. The minimum Gasteiger partial charge on any atom is -0.331 e. The summed E-state index contributed by atoms with van der Waals surface area (Å²) in [4.78, 5) is 4.73. The Kier molecular flexibility index (Phi) is 4.99. The van der Waals surface area contributed by atoms with Crippen molar-refractivity contribution in [3.8, 4) is 11.3 Å². The molecule has 0 bridgehead atoms. The quantitative estimate of drug-likeness (QED) is 0.524. The van der Waals surface area contributed by atoms with Crippen LogP contribution < -0.4 is 0 Å². The van der Waals surface area contributed by atoms with Gasteiger partial charge in [0.15, 0.2) is 0 Å². The SMILES string of the molecule is CCn1cc(-c2ccccc2Cl)nc1C=Cc1ccc(Br)cc1. The van der Waals surface area contributed by atoms with Crippen molar-refractivity contribution in [3.05, 3.63) is 75.6 Å². The lowest BCUT2D eigenvalue weighted by Crippen LogP contribution is -1.94. The predicted molar refractivity (Wildman–Crippen MR) is 101 cm³/mol. The summed E-state index contributed by atoms with van der Waals surface area (Å²) in [6.45, 7) is 2.96. The second-order valence-corrected chi connectivity index (χ2v) is 6.46. The molecule has 0 spiro atoms. The fourth-order valence-electron chi connectivity index (χ4n) is 2.36. The van der Waals surface area contributed by atoms with E-state index in [-0.39, 0.29) is 0 Å². The lowest BCUT2D eigenvalue weighted by atomic mass is 10.2. The van der Waals surface area contributed by atoms with Gasteiger partial charge < -0.3 is 4.57 Å². The molecule has 0 amide bonds. The van der Waals surface area contributed by atoms with Crippen molar-refractivity contribution in [3.63, 3.8) is 0 Å². The second-order valence-electron chi connectivity index (χ2n) is 5.14. The summed E-state index contributed by atoms with van der Waals surface area (Å²) in [5, 5.41) is 0.719. The normalized spacial score (nSPS) is 11.3. The van der Waals surface area contributed by atoms with Crippen molar-refractivity contribution in [2.45, 2.75) is 13.5 Å². The van der Waals surface area contributed by atoms with Gasteiger partial charge in [0.25, 0.3) is 0 Å². The number of imidazole rings is 1. The molecular formula is C19H16BrClN2. The molecule has 2 nitrogen and oxygen atoms in total. The summed E-state index contributed by atoms with van der Waals surface area (Å²) in [5.41, 5.74) is 2.99. The van der Waals surface area contributed by atoms with Crippen LogP contribution in [0.25, 0.3) is 23.4 Å². The lowest BCUT2D eigenvalue weighted by molar-refractivity contribution is 0.753. The highest BCUT2D eigenvalue weighted by Crippen LogP contribution is 2.27. The molecule has 2 aromatic carbocycles. The van der Waals surface area contributed by atoms with E-state index in [0.29, 0.717) is 0 Å². The first-order valence-corrected chi connectivity index (χ1v) is 8.60. The molecule has 0 aliphatic rings. The molecule has 0 fully saturated rings. The molecule has 0 N–H and O–H groups in total. The van der Waals surface area contributed by atoms with Gasteiger partial charge in [0.2, 0.25) is 0 Å². The smallest absolute Gasteiger partial charge is 0.133 e. The fraction of sp³-hybridized carbons (Fsp3) is 0.105. The molecule has 0 atom stereocenters. The molecule has 0 saturated carbocycles. The van der Waals surface area contributed by atoms with Gasteiger partial charge in [-0.25, -0.2) is 4.98 Å². The van der Waals surface area contributed by atoms with Crippen LogP contribution in [0.3, 0.4) is 0 Å². The van der Waals surface area contributed by atoms with Crippen molar-refractivity contribution in [1.29, 1.82) is 0 Å². The first-order chi connectivity index (χ1) is 11.2. The summed E-state index contributed by atoms with van der Waals surface area (Å²) in [7, 11) is 0. The number of rotatable bonds is 4. The summed E-state index contributed by atoms with van der Waals surface area (Å²) >= 11 is 9.73. The Balaban J connectivity index is 1.93. The van der Waals surface area contributed by atoms with E-state index in [0.717, 1.165) is 38.7 Å². The van der Waals surface area contributed by atoms with Crippen LogP contribution in [-0.2, 0) is 6.54 Å². The molecule has 3 rings (SSSR count). The minimum absolute atomic E-state index is 0.719. The van der Waals surface area contributed by atoms with Crippen LogP contribution >= 0.6 is 27.5 Å². The van der Waals surface area contributed by atoms with Crippen LogP contribution in [0.2, 0.25) is 5.02 Å². The Morgan fingerprint density at radius 1 is 1.09 bits per heavy atom. The van der Waals surface area contributed by atoms with Gasteiger partial charge >= 0.3 is 0 Å². The van der Waals surface area contributed by atoms with Crippen LogP contribution in [-0.4, -0.2) is 9.55 Å². The molecule has 1 heterocycles. The van der Waals surface area contributed by atoms with E-state index >= 15 is 0 Å². The van der Waals surface area contributed by atoms with Gasteiger partial charge in [0.05, 0.1) is 10.7 Å². The van der Waals surface area contributed by atoms with Gasteiger partial charge in [0.1, 0.15) is 5.82 Å². The Labute approximate surface area is 149 Å². The molecule has 0 saturated heterocycles. The zero-order valence-corrected chi connectivity index (χ0v) is 15.1. The average molecular weight is 388 g/mol. The van der Waals surface area contributed by atoms with Crippen LogP contribution in [0.15, 0.2) is 59.2 Å². The van der Waals surface area contributed by atoms with Gasteiger partial charge in [-0.3, -0.25) is 0 Å². The molecule has 0 aliphatic carbocycles. The van der Waals surface area contributed by atoms with Gasteiger partial charge in [-0.1, -0.05) is 63.9 Å². The highest BCUT2D eigenvalue weighted by atomic mass is 79.9. The van der Waals surface area contributed by atoms with Crippen molar-refractivity contribution in [2.24, 2.45) is 0 Å². The largest absolute Gasteiger partial charge is 0.331 e.